The number of nitrogens with zero attached hydrogens (tertiary/aromatic N) is 1. The van der Waals surface area contributed by atoms with Crippen molar-refractivity contribution in [3.05, 3.63) is 29.7 Å². The molecule has 2 aliphatic rings. The molecule has 2 heterocycles. The van der Waals surface area contributed by atoms with Gasteiger partial charge in [0.25, 0.3) is 0 Å². The van der Waals surface area contributed by atoms with Crippen molar-refractivity contribution in [2.75, 3.05) is 0 Å². The number of aryl methyl sites for hydroxylation is 1. The summed E-state index contributed by atoms with van der Waals surface area (Å²) in [6.07, 6.45) is 6.64. The molecule has 1 saturated heterocycles. The van der Waals surface area contributed by atoms with Gasteiger partial charge in [-0.1, -0.05) is 25.0 Å². The number of benzene rings is 1. The van der Waals surface area contributed by atoms with Crippen molar-refractivity contribution in [1.82, 2.24) is 10.3 Å². The Morgan fingerprint density at radius 2 is 2.16 bits per heavy atom. The van der Waals surface area contributed by atoms with E-state index in [0.29, 0.717) is 12.1 Å². The van der Waals surface area contributed by atoms with Crippen LogP contribution in [0, 0.1) is 12.8 Å². The first-order valence-electron chi connectivity index (χ1n) is 7.43. The molecule has 0 spiro atoms. The second-order valence-electron chi connectivity index (χ2n) is 6.08. The van der Waals surface area contributed by atoms with Crippen LogP contribution in [-0.4, -0.2) is 11.0 Å². The molecule has 100 valence electrons. The Morgan fingerprint density at radius 1 is 1.26 bits per heavy atom. The van der Waals surface area contributed by atoms with E-state index in [-0.39, 0.29) is 0 Å². The third kappa shape index (κ3) is 1.88. The number of fused-ring (bicyclic) bond motifs is 2. The van der Waals surface area contributed by atoms with Gasteiger partial charge in [0.05, 0.1) is 6.04 Å². The first kappa shape index (κ1) is 11.5. The second kappa shape index (κ2) is 4.34. The van der Waals surface area contributed by atoms with Gasteiger partial charge in [0.15, 0.2) is 5.58 Å². The van der Waals surface area contributed by atoms with E-state index in [4.69, 9.17) is 9.40 Å². The molecular weight excluding hydrogens is 236 g/mol. The molecule has 0 amide bonds. The van der Waals surface area contributed by atoms with Gasteiger partial charge >= 0.3 is 0 Å². The van der Waals surface area contributed by atoms with Gasteiger partial charge in [-0.2, -0.15) is 0 Å². The van der Waals surface area contributed by atoms with Crippen molar-refractivity contribution >= 4 is 11.1 Å². The third-order valence-corrected chi connectivity index (χ3v) is 4.80. The molecule has 0 bridgehead atoms. The van der Waals surface area contributed by atoms with E-state index in [1.54, 1.807) is 0 Å². The fourth-order valence-electron chi connectivity index (χ4n) is 3.76. The molecule has 3 atom stereocenters. The van der Waals surface area contributed by atoms with Gasteiger partial charge in [0, 0.05) is 6.04 Å². The van der Waals surface area contributed by atoms with Gasteiger partial charge in [-0.05, 0) is 43.7 Å². The lowest BCUT2D eigenvalue weighted by Crippen LogP contribution is -2.30. The number of hydrogen-bond acceptors (Lipinski definition) is 3. The summed E-state index contributed by atoms with van der Waals surface area (Å²) in [7, 11) is 0. The van der Waals surface area contributed by atoms with Crippen molar-refractivity contribution in [2.24, 2.45) is 5.92 Å². The lowest BCUT2D eigenvalue weighted by atomic mass is 9.85. The summed E-state index contributed by atoms with van der Waals surface area (Å²) in [5, 5.41) is 3.73. The highest BCUT2D eigenvalue weighted by Gasteiger charge is 2.37. The highest BCUT2D eigenvalue weighted by Crippen LogP contribution is 2.39. The predicted octanol–water partition coefficient (Wildman–Crippen LogP) is 3.73. The van der Waals surface area contributed by atoms with E-state index in [1.165, 1.54) is 37.7 Å². The second-order valence-corrected chi connectivity index (χ2v) is 6.08. The first-order chi connectivity index (χ1) is 9.31. The molecule has 4 rings (SSSR count). The zero-order valence-corrected chi connectivity index (χ0v) is 11.4. The molecule has 1 aromatic carbocycles. The third-order valence-electron chi connectivity index (χ3n) is 4.80. The minimum Gasteiger partial charge on any atom is -0.439 e. The summed E-state index contributed by atoms with van der Waals surface area (Å²) < 4.78 is 5.97. The highest BCUT2D eigenvalue weighted by molar-refractivity contribution is 5.76. The lowest BCUT2D eigenvalue weighted by Gasteiger charge is -2.24. The monoisotopic (exact) mass is 256 g/mol. The number of aromatic nitrogens is 1. The van der Waals surface area contributed by atoms with Crippen LogP contribution in [-0.2, 0) is 0 Å². The Labute approximate surface area is 113 Å². The van der Waals surface area contributed by atoms with E-state index in [0.717, 1.165) is 22.9 Å². The van der Waals surface area contributed by atoms with E-state index >= 15 is 0 Å². The summed E-state index contributed by atoms with van der Waals surface area (Å²) >= 11 is 0. The van der Waals surface area contributed by atoms with Crippen LogP contribution in [0.2, 0.25) is 0 Å². The van der Waals surface area contributed by atoms with E-state index < -0.39 is 0 Å². The summed E-state index contributed by atoms with van der Waals surface area (Å²) in [6.45, 7) is 2.09. The minimum atomic E-state index is 0.319. The van der Waals surface area contributed by atoms with Gasteiger partial charge in [-0.25, -0.2) is 4.98 Å². The standard InChI is InChI=1S/C16H20N2O/c1-10-5-4-8-14-15(10)18-16(19-14)13-9-11-6-2-3-7-12(11)17-13/h4-5,8,11-13,17H,2-3,6-7,9H2,1H3. The van der Waals surface area contributed by atoms with Crippen molar-refractivity contribution in [3.63, 3.8) is 0 Å². The SMILES string of the molecule is Cc1cccc2oc(C3CC4CCCCC4N3)nc12. The average Bonchev–Trinajstić information content (AvgIpc) is 3.02. The maximum Gasteiger partial charge on any atom is 0.212 e. The Kier molecular flexibility index (Phi) is 2.62. The molecule has 3 heteroatoms. The highest BCUT2D eigenvalue weighted by atomic mass is 16.3. The predicted molar refractivity (Wildman–Crippen MR) is 75.0 cm³/mol. The average molecular weight is 256 g/mol. The molecule has 1 aromatic heterocycles. The summed E-state index contributed by atoms with van der Waals surface area (Å²) in [4.78, 5) is 4.72. The van der Waals surface area contributed by atoms with Crippen LogP contribution in [0.25, 0.3) is 11.1 Å². The molecular formula is C16H20N2O. The lowest BCUT2D eigenvalue weighted by molar-refractivity contribution is 0.325. The first-order valence-corrected chi connectivity index (χ1v) is 7.43. The van der Waals surface area contributed by atoms with Crippen molar-refractivity contribution in [2.45, 2.75) is 51.1 Å². The van der Waals surface area contributed by atoms with Crippen LogP contribution in [0.1, 0.15) is 49.6 Å². The van der Waals surface area contributed by atoms with Crippen LogP contribution in [0.3, 0.4) is 0 Å². The van der Waals surface area contributed by atoms with Crippen LogP contribution in [0.5, 0.6) is 0 Å². The topological polar surface area (TPSA) is 38.1 Å². The van der Waals surface area contributed by atoms with Crippen LogP contribution >= 0.6 is 0 Å². The Balaban J connectivity index is 1.66. The Hall–Kier alpha value is -1.35. The summed E-state index contributed by atoms with van der Waals surface area (Å²) in [5.74, 6) is 1.72. The van der Waals surface area contributed by atoms with Gasteiger partial charge in [-0.15, -0.1) is 0 Å². The molecule has 0 radical (unpaired) electrons. The number of rotatable bonds is 1. The maximum absolute atomic E-state index is 5.97. The van der Waals surface area contributed by atoms with Crippen molar-refractivity contribution in [1.29, 1.82) is 0 Å². The van der Waals surface area contributed by atoms with E-state index in [1.807, 2.05) is 12.1 Å². The van der Waals surface area contributed by atoms with Crippen molar-refractivity contribution < 1.29 is 4.42 Å². The quantitative estimate of drug-likeness (QED) is 0.845. The number of nitrogens with one attached hydrogen (secondary N) is 1. The molecule has 19 heavy (non-hydrogen) atoms. The molecule has 3 nitrogen and oxygen atoms in total. The fourth-order valence-corrected chi connectivity index (χ4v) is 3.76. The van der Waals surface area contributed by atoms with Gasteiger partial charge in [0.2, 0.25) is 5.89 Å². The van der Waals surface area contributed by atoms with Crippen LogP contribution in [0.15, 0.2) is 22.6 Å². The molecule has 2 aromatic rings. The Bertz CT molecular complexity index is 590. The molecule has 1 aliphatic carbocycles. The molecule has 3 unspecified atom stereocenters. The van der Waals surface area contributed by atoms with E-state index in [2.05, 4.69) is 18.3 Å². The Morgan fingerprint density at radius 3 is 3.00 bits per heavy atom. The van der Waals surface area contributed by atoms with E-state index in [9.17, 15) is 0 Å². The smallest absolute Gasteiger partial charge is 0.212 e. The largest absolute Gasteiger partial charge is 0.439 e. The molecule has 1 N–H and O–H groups in total. The number of para-hydroxylation sites is 1. The molecule has 1 saturated carbocycles. The van der Waals surface area contributed by atoms with Gasteiger partial charge in [0.1, 0.15) is 5.52 Å². The zero-order chi connectivity index (χ0) is 12.8. The number of oxazole rings is 1. The summed E-state index contributed by atoms with van der Waals surface area (Å²) in [5.41, 5.74) is 3.14. The minimum absolute atomic E-state index is 0.319. The van der Waals surface area contributed by atoms with Crippen LogP contribution < -0.4 is 5.32 Å². The molecule has 2 fully saturated rings. The van der Waals surface area contributed by atoms with Gasteiger partial charge < -0.3 is 9.73 Å². The molecule has 1 aliphatic heterocycles. The fraction of sp³-hybridized carbons (Fsp3) is 0.562. The number of hydrogen-bond donors (Lipinski definition) is 1. The zero-order valence-electron chi connectivity index (χ0n) is 11.4. The van der Waals surface area contributed by atoms with Crippen molar-refractivity contribution in [3.8, 4) is 0 Å². The van der Waals surface area contributed by atoms with Crippen LogP contribution in [0.4, 0.5) is 0 Å². The van der Waals surface area contributed by atoms with Gasteiger partial charge in [-0.3, -0.25) is 0 Å². The maximum atomic E-state index is 5.97. The summed E-state index contributed by atoms with van der Waals surface area (Å²) in [6, 6.07) is 7.15. The normalized spacial score (nSPS) is 30.7.